The molecule has 1 saturated carbocycles. The molecule has 1 aliphatic carbocycles. The smallest absolute Gasteiger partial charge is 0.220 e. The molecule has 1 fully saturated rings. The Kier molecular flexibility index (Phi) is 6.69. The topological polar surface area (TPSA) is 52.9 Å². The number of nitrogens with zero attached hydrogens (tertiary/aromatic N) is 1. The van der Waals surface area contributed by atoms with Crippen molar-refractivity contribution in [1.82, 2.24) is 5.32 Å². The molecule has 3 nitrogen and oxygen atoms in total. The number of carbonyl (C=O) groups is 1. The summed E-state index contributed by atoms with van der Waals surface area (Å²) >= 11 is 0. The minimum Gasteiger partial charge on any atom is -0.353 e. The van der Waals surface area contributed by atoms with E-state index in [-0.39, 0.29) is 5.91 Å². The van der Waals surface area contributed by atoms with Crippen LogP contribution in [0.25, 0.3) is 0 Å². The van der Waals surface area contributed by atoms with Crippen molar-refractivity contribution in [2.75, 3.05) is 0 Å². The number of nitrogens with one attached hydrogen (secondary N) is 1. The first-order chi connectivity index (χ1) is 8.26. The molecule has 1 N–H and O–H groups in total. The van der Waals surface area contributed by atoms with Crippen LogP contribution in [0.2, 0.25) is 0 Å². The lowest BCUT2D eigenvalue weighted by molar-refractivity contribution is -0.122. The van der Waals surface area contributed by atoms with Crippen molar-refractivity contribution in [3.63, 3.8) is 0 Å². The summed E-state index contributed by atoms with van der Waals surface area (Å²) in [6.45, 7) is 2.15. The lowest BCUT2D eigenvalue weighted by Crippen LogP contribution is -2.37. The third-order valence-corrected chi connectivity index (χ3v) is 3.60. The number of rotatable bonds is 6. The number of hydrogen-bond donors (Lipinski definition) is 1. The van der Waals surface area contributed by atoms with Crippen molar-refractivity contribution < 1.29 is 4.79 Å². The van der Waals surface area contributed by atoms with E-state index in [9.17, 15) is 4.79 Å². The summed E-state index contributed by atoms with van der Waals surface area (Å²) in [5.41, 5.74) is 0. The van der Waals surface area contributed by atoms with Crippen molar-refractivity contribution in [2.24, 2.45) is 5.92 Å². The Morgan fingerprint density at radius 3 is 2.59 bits per heavy atom. The Morgan fingerprint density at radius 1 is 1.29 bits per heavy atom. The maximum atomic E-state index is 11.6. The molecule has 0 atom stereocenters. The van der Waals surface area contributed by atoms with Gasteiger partial charge in [-0.1, -0.05) is 19.8 Å². The Morgan fingerprint density at radius 2 is 2.00 bits per heavy atom. The zero-order valence-electron chi connectivity index (χ0n) is 10.9. The van der Waals surface area contributed by atoms with Crippen LogP contribution in [-0.2, 0) is 4.79 Å². The van der Waals surface area contributed by atoms with Crippen LogP contribution in [-0.4, -0.2) is 11.9 Å². The molecule has 0 aromatic heterocycles. The predicted molar refractivity (Wildman–Crippen MR) is 68.3 cm³/mol. The molecule has 0 heterocycles. The minimum atomic E-state index is 0.210. The van der Waals surface area contributed by atoms with Crippen LogP contribution in [0, 0.1) is 17.2 Å². The summed E-state index contributed by atoms with van der Waals surface area (Å²) in [5, 5.41) is 11.7. The van der Waals surface area contributed by atoms with Crippen LogP contribution in [0.3, 0.4) is 0 Å². The van der Waals surface area contributed by atoms with Gasteiger partial charge in [-0.15, -0.1) is 0 Å². The standard InChI is InChI=1S/C14H24N2O/c1-2-3-4-5-14(17)16-13-8-6-12(7-9-13)10-11-15/h12-13H,2-10H2,1H3,(H,16,17). The average molecular weight is 236 g/mol. The third kappa shape index (κ3) is 5.72. The SMILES string of the molecule is CCCCCC(=O)NC1CCC(CC#N)CC1. The lowest BCUT2D eigenvalue weighted by Gasteiger charge is -2.27. The largest absolute Gasteiger partial charge is 0.353 e. The van der Waals surface area contributed by atoms with Gasteiger partial charge in [0.1, 0.15) is 0 Å². The zero-order chi connectivity index (χ0) is 12.5. The van der Waals surface area contributed by atoms with E-state index >= 15 is 0 Å². The summed E-state index contributed by atoms with van der Waals surface area (Å²) in [5.74, 6) is 0.774. The van der Waals surface area contributed by atoms with E-state index in [4.69, 9.17) is 5.26 Å². The Bertz CT molecular complexity index is 262. The van der Waals surface area contributed by atoms with Crippen LogP contribution in [0.4, 0.5) is 0 Å². The van der Waals surface area contributed by atoms with Gasteiger partial charge in [-0.2, -0.15) is 5.26 Å². The molecule has 0 bridgehead atoms. The van der Waals surface area contributed by atoms with Gasteiger partial charge in [0.2, 0.25) is 5.91 Å². The van der Waals surface area contributed by atoms with Gasteiger partial charge in [-0.3, -0.25) is 4.79 Å². The average Bonchev–Trinajstić information content (AvgIpc) is 2.32. The lowest BCUT2D eigenvalue weighted by atomic mass is 9.84. The summed E-state index contributed by atoms with van der Waals surface area (Å²) in [6, 6.07) is 2.60. The van der Waals surface area contributed by atoms with E-state index in [1.165, 1.54) is 0 Å². The molecular weight excluding hydrogens is 212 g/mol. The van der Waals surface area contributed by atoms with Gasteiger partial charge in [-0.05, 0) is 38.0 Å². The van der Waals surface area contributed by atoms with E-state index in [0.29, 0.717) is 24.8 Å². The van der Waals surface area contributed by atoms with E-state index < -0.39 is 0 Å². The number of nitriles is 1. The quantitative estimate of drug-likeness (QED) is 0.720. The van der Waals surface area contributed by atoms with Gasteiger partial charge in [-0.25, -0.2) is 0 Å². The molecular formula is C14H24N2O. The Balaban J connectivity index is 2.13. The van der Waals surface area contributed by atoms with Crippen molar-refractivity contribution >= 4 is 5.91 Å². The molecule has 0 saturated heterocycles. The second-order valence-corrected chi connectivity index (χ2v) is 5.10. The number of hydrogen-bond acceptors (Lipinski definition) is 2. The second kappa shape index (κ2) is 8.11. The highest BCUT2D eigenvalue weighted by molar-refractivity contribution is 5.76. The molecule has 0 aromatic rings. The van der Waals surface area contributed by atoms with Crippen LogP contribution in [0.1, 0.15) is 64.7 Å². The molecule has 1 amide bonds. The highest BCUT2D eigenvalue weighted by Gasteiger charge is 2.21. The first-order valence-electron chi connectivity index (χ1n) is 6.92. The molecule has 96 valence electrons. The van der Waals surface area contributed by atoms with Crippen LogP contribution in [0.15, 0.2) is 0 Å². The Labute approximate surface area is 105 Å². The summed E-state index contributed by atoms with van der Waals surface area (Å²) in [6.07, 6.45) is 8.93. The first-order valence-corrected chi connectivity index (χ1v) is 6.92. The molecule has 1 rings (SSSR count). The fraction of sp³-hybridized carbons (Fsp3) is 0.857. The van der Waals surface area contributed by atoms with Crippen LogP contribution < -0.4 is 5.32 Å². The van der Waals surface area contributed by atoms with Gasteiger partial charge >= 0.3 is 0 Å². The maximum Gasteiger partial charge on any atom is 0.220 e. The van der Waals surface area contributed by atoms with E-state index in [1.807, 2.05) is 0 Å². The van der Waals surface area contributed by atoms with E-state index in [1.54, 1.807) is 0 Å². The zero-order valence-corrected chi connectivity index (χ0v) is 10.9. The molecule has 1 aliphatic rings. The van der Waals surface area contributed by atoms with Crippen molar-refractivity contribution in [2.45, 2.75) is 70.8 Å². The highest BCUT2D eigenvalue weighted by Crippen LogP contribution is 2.26. The molecule has 17 heavy (non-hydrogen) atoms. The van der Waals surface area contributed by atoms with Gasteiger partial charge in [0, 0.05) is 18.9 Å². The van der Waals surface area contributed by atoms with Gasteiger partial charge in [0.25, 0.3) is 0 Å². The summed E-state index contributed by atoms with van der Waals surface area (Å²) in [4.78, 5) is 11.6. The second-order valence-electron chi connectivity index (χ2n) is 5.10. The van der Waals surface area contributed by atoms with Crippen molar-refractivity contribution in [1.29, 1.82) is 5.26 Å². The normalized spacial score (nSPS) is 24.0. The van der Waals surface area contributed by atoms with E-state index in [2.05, 4.69) is 18.3 Å². The number of unbranched alkanes of at least 4 members (excludes halogenated alkanes) is 2. The van der Waals surface area contributed by atoms with Gasteiger partial charge < -0.3 is 5.32 Å². The Hall–Kier alpha value is -1.04. The van der Waals surface area contributed by atoms with Crippen molar-refractivity contribution in [3.8, 4) is 6.07 Å². The fourth-order valence-corrected chi connectivity index (χ4v) is 2.48. The van der Waals surface area contributed by atoms with E-state index in [0.717, 1.165) is 44.9 Å². The molecule has 0 aliphatic heterocycles. The highest BCUT2D eigenvalue weighted by atomic mass is 16.1. The minimum absolute atomic E-state index is 0.210. The molecule has 0 unspecified atom stereocenters. The van der Waals surface area contributed by atoms with Crippen LogP contribution >= 0.6 is 0 Å². The molecule has 0 radical (unpaired) electrons. The molecule has 3 heteroatoms. The van der Waals surface area contributed by atoms with Gasteiger partial charge in [0.15, 0.2) is 0 Å². The number of carbonyl (C=O) groups excluding carboxylic acids is 1. The number of amides is 1. The summed E-state index contributed by atoms with van der Waals surface area (Å²) < 4.78 is 0. The van der Waals surface area contributed by atoms with Gasteiger partial charge in [0.05, 0.1) is 6.07 Å². The molecule has 0 spiro atoms. The third-order valence-electron chi connectivity index (χ3n) is 3.60. The maximum absolute atomic E-state index is 11.6. The van der Waals surface area contributed by atoms with Crippen molar-refractivity contribution in [3.05, 3.63) is 0 Å². The first kappa shape index (κ1) is 14.0. The summed E-state index contributed by atoms with van der Waals surface area (Å²) in [7, 11) is 0. The fourth-order valence-electron chi connectivity index (χ4n) is 2.48. The monoisotopic (exact) mass is 236 g/mol. The molecule has 0 aromatic carbocycles. The predicted octanol–water partition coefficient (Wildman–Crippen LogP) is 3.16. The van der Waals surface area contributed by atoms with Crippen LogP contribution in [0.5, 0.6) is 0 Å².